The number of unbranched alkanes of at least 4 members (excludes halogenated alkanes) is 2. The Morgan fingerprint density at radius 1 is 1.26 bits per heavy atom. The highest BCUT2D eigenvalue weighted by Gasteiger charge is 2.75. The van der Waals surface area contributed by atoms with Gasteiger partial charge in [-0.1, -0.05) is 33.6 Å². The summed E-state index contributed by atoms with van der Waals surface area (Å²) in [4.78, 5) is 24.6. The number of carbonyl (C=O) groups is 2. The standard InChI is InChI=1S/C15H25NO3/c1-5-6-7-10-16-11(17)15-9-8-14(4,12(18)19-15)13(15,2)3/h5-10H2,1-4H3,(H,16,17)/t14-,15+/m1/s1. The van der Waals surface area contributed by atoms with Gasteiger partial charge in [0.1, 0.15) is 0 Å². The summed E-state index contributed by atoms with van der Waals surface area (Å²) in [5.41, 5.74) is -1.91. The second-order valence-electron chi connectivity index (χ2n) is 6.64. The number of amides is 1. The van der Waals surface area contributed by atoms with E-state index in [1.165, 1.54) is 0 Å². The molecule has 0 spiro atoms. The average Bonchev–Trinajstić information content (AvgIpc) is 2.65. The van der Waals surface area contributed by atoms with Crippen molar-refractivity contribution in [2.24, 2.45) is 10.8 Å². The van der Waals surface area contributed by atoms with Crippen LogP contribution in [0.1, 0.15) is 59.8 Å². The summed E-state index contributed by atoms with van der Waals surface area (Å²) in [5, 5.41) is 2.96. The largest absolute Gasteiger partial charge is 0.448 e. The Morgan fingerprint density at radius 3 is 2.42 bits per heavy atom. The van der Waals surface area contributed by atoms with E-state index in [-0.39, 0.29) is 11.9 Å². The number of carbonyl (C=O) groups excluding carboxylic acids is 2. The van der Waals surface area contributed by atoms with Gasteiger partial charge in [0.05, 0.1) is 5.41 Å². The van der Waals surface area contributed by atoms with E-state index in [4.69, 9.17) is 4.74 Å². The lowest BCUT2D eigenvalue weighted by molar-refractivity contribution is -0.168. The van der Waals surface area contributed by atoms with E-state index in [2.05, 4.69) is 12.2 Å². The highest BCUT2D eigenvalue weighted by Crippen LogP contribution is 2.65. The number of fused-ring (bicyclic) bond motifs is 2. The van der Waals surface area contributed by atoms with E-state index in [1.807, 2.05) is 20.8 Å². The first-order valence-corrected chi connectivity index (χ1v) is 7.33. The van der Waals surface area contributed by atoms with Crippen LogP contribution in [0.15, 0.2) is 0 Å². The number of hydrogen-bond acceptors (Lipinski definition) is 3. The minimum absolute atomic E-state index is 0.108. The van der Waals surface area contributed by atoms with Crippen molar-refractivity contribution in [1.82, 2.24) is 5.32 Å². The predicted molar refractivity (Wildman–Crippen MR) is 72.5 cm³/mol. The maximum absolute atomic E-state index is 12.5. The van der Waals surface area contributed by atoms with Gasteiger partial charge in [-0.2, -0.15) is 0 Å². The lowest BCUT2D eigenvalue weighted by atomic mass is 9.66. The van der Waals surface area contributed by atoms with E-state index in [0.29, 0.717) is 13.0 Å². The molecule has 1 aliphatic heterocycles. The van der Waals surface area contributed by atoms with Gasteiger partial charge in [-0.15, -0.1) is 0 Å². The molecule has 0 aromatic carbocycles. The van der Waals surface area contributed by atoms with Crippen LogP contribution in [0.2, 0.25) is 0 Å². The Labute approximate surface area is 115 Å². The van der Waals surface area contributed by atoms with Crippen molar-refractivity contribution in [1.29, 1.82) is 0 Å². The van der Waals surface area contributed by atoms with Crippen molar-refractivity contribution in [3.8, 4) is 0 Å². The second kappa shape index (κ2) is 4.50. The van der Waals surface area contributed by atoms with E-state index in [0.717, 1.165) is 25.7 Å². The molecule has 108 valence electrons. The third-order valence-electron chi connectivity index (χ3n) is 5.52. The van der Waals surface area contributed by atoms with Crippen LogP contribution in [0.4, 0.5) is 0 Å². The maximum atomic E-state index is 12.5. The highest BCUT2D eigenvalue weighted by atomic mass is 16.6. The van der Waals surface area contributed by atoms with Crippen molar-refractivity contribution < 1.29 is 14.3 Å². The van der Waals surface area contributed by atoms with Gasteiger partial charge in [0.2, 0.25) is 0 Å². The Bertz CT molecular complexity index is 404. The Morgan fingerprint density at radius 2 is 1.95 bits per heavy atom. The highest BCUT2D eigenvalue weighted by molar-refractivity contribution is 5.96. The first-order chi connectivity index (χ1) is 8.82. The van der Waals surface area contributed by atoms with E-state index >= 15 is 0 Å². The molecule has 2 bridgehead atoms. The third-order valence-corrected chi connectivity index (χ3v) is 5.52. The molecule has 2 aliphatic rings. The van der Waals surface area contributed by atoms with Crippen LogP contribution in [0.5, 0.6) is 0 Å². The SMILES string of the molecule is CCCCCNC(=O)[C@]12CC[C@](C)(C(=O)O1)C2(C)C. The molecule has 1 N–H and O–H groups in total. The molecular formula is C15H25NO3. The van der Waals surface area contributed by atoms with Gasteiger partial charge in [-0.3, -0.25) is 9.59 Å². The molecule has 4 nitrogen and oxygen atoms in total. The summed E-state index contributed by atoms with van der Waals surface area (Å²) in [6.45, 7) is 8.69. The normalized spacial score (nSPS) is 35.3. The van der Waals surface area contributed by atoms with Crippen molar-refractivity contribution >= 4 is 11.9 Å². The molecular weight excluding hydrogens is 242 g/mol. The first kappa shape index (κ1) is 14.4. The van der Waals surface area contributed by atoms with E-state index in [9.17, 15) is 9.59 Å². The lowest BCUT2D eigenvalue weighted by Crippen LogP contribution is -2.53. The predicted octanol–water partition coefficient (Wildman–Crippen LogP) is 2.41. The minimum Gasteiger partial charge on any atom is -0.448 e. The summed E-state index contributed by atoms with van der Waals surface area (Å²) < 4.78 is 5.53. The van der Waals surface area contributed by atoms with E-state index in [1.54, 1.807) is 0 Å². The number of hydrogen-bond donors (Lipinski definition) is 1. The molecule has 1 amide bonds. The molecule has 2 rings (SSSR count). The van der Waals surface area contributed by atoms with Gasteiger partial charge in [0.25, 0.3) is 5.91 Å². The number of ether oxygens (including phenoxy) is 1. The fourth-order valence-electron chi connectivity index (χ4n) is 3.47. The minimum atomic E-state index is -0.953. The quantitative estimate of drug-likeness (QED) is 0.615. The van der Waals surface area contributed by atoms with Crippen LogP contribution in [-0.2, 0) is 14.3 Å². The Balaban J connectivity index is 2.11. The fraction of sp³-hybridized carbons (Fsp3) is 0.867. The van der Waals surface area contributed by atoms with Crippen LogP contribution < -0.4 is 5.32 Å². The summed E-state index contributed by atoms with van der Waals surface area (Å²) in [5.74, 6) is -0.323. The van der Waals surface area contributed by atoms with Crippen LogP contribution in [0.25, 0.3) is 0 Å². The number of esters is 1. The Hall–Kier alpha value is -1.06. The molecule has 0 aromatic heterocycles. The number of nitrogens with one attached hydrogen (secondary N) is 1. The maximum Gasteiger partial charge on any atom is 0.313 e. The smallest absolute Gasteiger partial charge is 0.313 e. The molecule has 1 heterocycles. The zero-order chi connectivity index (χ0) is 14.3. The van der Waals surface area contributed by atoms with Gasteiger partial charge in [0, 0.05) is 12.0 Å². The monoisotopic (exact) mass is 267 g/mol. The fourth-order valence-corrected chi connectivity index (χ4v) is 3.47. The van der Waals surface area contributed by atoms with Crippen LogP contribution in [0, 0.1) is 10.8 Å². The summed E-state index contributed by atoms with van der Waals surface area (Å²) >= 11 is 0. The van der Waals surface area contributed by atoms with Crippen LogP contribution >= 0.6 is 0 Å². The van der Waals surface area contributed by atoms with Crippen molar-refractivity contribution in [2.45, 2.75) is 65.4 Å². The molecule has 4 heteroatoms. The van der Waals surface area contributed by atoms with E-state index < -0.39 is 16.4 Å². The van der Waals surface area contributed by atoms with Crippen LogP contribution in [0.3, 0.4) is 0 Å². The summed E-state index contributed by atoms with van der Waals surface area (Å²) in [6, 6.07) is 0. The Kier molecular flexibility index (Phi) is 3.40. The van der Waals surface area contributed by atoms with Crippen LogP contribution in [-0.4, -0.2) is 24.0 Å². The van der Waals surface area contributed by atoms with Gasteiger partial charge in [-0.05, 0) is 26.2 Å². The molecule has 2 atom stereocenters. The van der Waals surface area contributed by atoms with Gasteiger partial charge in [0.15, 0.2) is 5.60 Å². The van der Waals surface area contributed by atoms with Gasteiger partial charge < -0.3 is 10.1 Å². The third kappa shape index (κ3) is 1.72. The topological polar surface area (TPSA) is 55.4 Å². The second-order valence-corrected chi connectivity index (χ2v) is 6.64. The lowest BCUT2D eigenvalue weighted by Gasteiger charge is -2.35. The first-order valence-electron chi connectivity index (χ1n) is 7.33. The summed E-state index contributed by atoms with van der Waals surface area (Å²) in [7, 11) is 0. The average molecular weight is 267 g/mol. The molecule has 0 aromatic rings. The number of rotatable bonds is 5. The molecule has 1 aliphatic carbocycles. The summed E-state index contributed by atoms with van der Waals surface area (Å²) in [6.07, 6.45) is 4.58. The van der Waals surface area contributed by atoms with Gasteiger partial charge >= 0.3 is 5.97 Å². The van der Waals surface area contributed by atoms with Crippen molar-refractivity contribution in [3.05, 3.63) is 0 Å². The van der Waals surface area contributed by atoms with Crippen molar-refractivity contribution in [2.75, 3.05) is 6.54 Å². The molecule has 0 radical (unpaired) electrons. The molecule has 1 saturated heterocycles. The zero-order valence-corrected chi connectivity index (χ0v) is 12.5. The molecule has 2 fully saturated rings. The molecule has 1 saturated carbocycles. The molecule has 0 unspecified atom stereocenters. The van der Waals surface area contributed by atoms with Crippen molar-refractivity contribution in [3.63, 3.8) is 0 Å². The molecule has 19 heavy (non-hydrogen) atoms. The zero-order valence-electron chi connectivity index (χ0n) is 12.5. The van der Waals surface area contributed by atoms with Gasteiger partial charge in [-0.25, -0.2) is 0 Å².